The molecule has 2 aromatic carbocycles. The summed E-state index contributed by atoms with van der Waals surface area (Å²) in [6.07, 6.45) is 1.62. The van der Waals surface area contributed by atoms with E-state index in [2.05, 4.69) is 15.3 Å². The Kier molecular flexibility index (Phi) is 4.52. The van der Waals surface area contributed by atoms with Crippen molar-refractivity contribution in [3.63, 3.8) is 0 Å². The zero-order valence-corrected chi connectivity index (χ0v) is 15.1. The molecule has 4 rings (SSSR count). The molecule has 27 heavy (non-hydrogen) atoms. The number of carbonyl (C=O) groups excluding carboxylic acids is 1. The van der Waals surface area contributed by atoms with E-state index in [4.69, 9.17) is 4.74 Å². The van der Waals surface area contributed by atoms with Gasteiger partial charge in [0.1, 0.15) is 11.3 Å². The Morgan fingerprint density at radius 1 is 1.11 bits per heavy atom. The molecule has 0 aliphatic carbocycles. The van der Waals surface area contributed by atoms with Gasteiger partial charge in [-0.3, -0.25) is 15.1 Å². The van der Waals surface area contributed by atoms with Crippen molar-refractivity contribution >= 4 is 32.6 Å². The Hall–Kier alpha value is -3.32. The molecule has 0 radical (unpaired) electrons. The van der Waals surface area contributed by atoms with Crippen LogP contribution in [0.5, 0.6) is 5.75 Å². The number of hydrogen-bond donors (Lipinski definition) is 1. The molecule has 2 aromatic heterocycles. The molecule has 0 bridgehead atoms. The highest BCUT2D eigenvalue weighted by atomic mass is 32.1. The van der Waals surface area contributed by atoms with Crippen molar-refractivity contribution in [2.75, 3.05) is 12.4 Å². The average molecular weight is 379 g/mol. The second-order valence-electron chi connectivity index (χ2n) is 5.70. The number of rotatable bonds is 4. The van der Waals surface area contributed by atoms with E-state index in [1.165, 1.54) is 35.6 Å². The lowest BCUT2D eigenvalue weighted by molar-refractivity contribution is 0.102. The first-order valence-electron chi connectivity index (χ1n) is 8.11. The van der Waals surface area contributed by atoms with Gasteiger partial charge in [0, 0.05) is 11.1 Å². The summed E-state index contributed by atoms with van der Waals surface area (Å²) in [5.41, 5.74) is 2.70. The van der Waals surface area contributed by atoms with Crippen molar-refractivity contribution in [3.8, 4) is 17.0 Å². The van der Waals surface area contributed by atoms with Gasteiger partial charge in [-0.15, -0.1) is 0 Å². The van der Waals surface area contributed by atoms with Crippen molar-refractivity contribution in [1.29, 1.82) is 0 Å². The summed E-state index contributed by atoms with van der Waals surface area (Å²) in [6.45, 7) is 0. The van der Waals surface area contributed by atoms with Gasteiger partial charge >= 0.3 is 0 Å². The lowest BCUT2D eigenvalue weighted by Crippen LogP contribution is -2.11. The number of fused-ring (bicyclic) bond motifs is 1. The van der Waals surface area contributed by atoms with Crippen LogP contribution in [0, 0.1) is 5.82 Å². The first-order valence-corrected chi connectivity index (χ1v) is 8.93. The summed E-state index contributed by atoms with van der Waals surface area (Å²) in [4.78, 5) is 21.4. The monoisotopic (exact) mass is 379 g/mol. The average Bonchev–Trinajstić information content (AvgIpc) is 3.11. The molecule has 1 N–H and O–H groups in total. The van der Waals surface area contributed by atoms with Crippen LogP contribution in [0.15, 0.2) is 60.8 Å². The first-order chi connectivity index (χ1) is 13.2. The molecule has 0 unspecified atom stereocenters. The van der Waals surface area contributed by atoms with Gasteiger partial charge in [-0.1, -0.05) is 41.7 Å². The molecule has 0 fully saturated rings. The molecule has 4 aromatic rings. The molecular formula is C20H14FN3O2S. The number of amides is 1. The van der Waals surface area contributed by atoms with Crippen molar-refractivity contribution in [2.24, 2.45) is 0 Å². The predicted molar refractivity (Wildman–Crippen MR) is 104 cm³/mol. The number of methoxy groups -OCH3 is 1. The minimum Gasteiger partial charge on any atom is -0.493 e. The van der Waals surface area contributed by atoms with Crippen LogP contribution in [0.4, 0.5) is 9.52 Å². The number of pyridine rings is 1. The Bertz CT molecular complexity index is 1110. The van der Waals surface area contributed by atoms with E-state index in [0.29, 0.717) is 22.0 Å². The van der Waals surface area contributed by atoms with E-state index in [0.717, 1.165) is 16.0 Å². The number of anilines is 1. The van der Waals surface area contributed by atoms with Gasteiger partial charge in [-0.2, -0.15) is 0 Å². The first kappa shape index (κ1) is 17.1. The Balaban J connectivity index is 1.74. The highest BCUT2D eigenvalue weighted by Crippen LogP contribution is 2.38. The van der Waals surface area contributed by atoms with E-state index in [-0.39, 0.29) is 5.91 Å². The van der Waals surface area contributed by atoms with E-state index in [9.17, 15) is 9.18 Å². The molecule has 0 spiro atoms. The van der Waals surface area contributed by atoms with Gasteiger partial charge in [0.05, 0.1) is 23.7 Å². The van der Waals surface area contributed by atoms with Crippen LogP contribution in [-0.2, 0) is 0 Å². The van der Waals surface area contributed by atoms with Crippen molar-refractivity contribution in [2.45, 2.75) is 0 Å². The molecule has 5 nitrogen and oxygen atoms in total. The van der Waals surface area contributed by atoms with Gasteiger partial charge in [0.25, 0.3) is 5.91 Å². The molecule has 0 aliphatic rings. The van der Waals surface area contributed by atoms with Gasteiger partial charge in [-0.05, 0) is 24.3 Å². The normalized spacial score (nSPS) is 10.7. The lowest BCUT2D eigenvalue weighted by Gasteiger charge is -2.04. The van der Waals surface area contributed by atoms with Crippen molar-refractivity contribution in [1.82, 2.24) is 9.97 Å². The molecule has 0 aliphatic heterocycles. The number of halogens is 1. The van der Waals surface area contributed by atoms with Crippen molar-refractivity contribution < 1.29 is 13.9 Å². The molecule has 7 heteroatoms. The maximum absolute atomic E-state index is 13.0. The minimum atomic E-state index is -0.394. The number of nitrogens with one attached hydrogen (secondary N) is 1. The fourth-order valence-electron chi connectivity index (χ4n) is 2.67. The Morgan fingerprint density at radius 2 is 1.85 bits per heavy atom. The summed E-state index contributed by atoms with van der Waals surface area (Å²) >= 11 is 1.31. The third-order valence-electron chi connectivity index (χ3n) is 3.98. The number of nitrogens with zero attached hydrogens (tertiary/aromatic N) is 2. The van der Waals surface area contributed by atoms with Crippen LogP contribution in [0.1, 0.15) is 10.4 Å². The third kappa shape index (κ3) is 3.37. The highest BCUT2D eigenvalue weighted by Gasteiger charge is 2.17. The van der Waals surface area contributed by atoms with Gasteiger partial charge < -0.3 is 4.74 Å². The van der Waals surface area contributed by atoms with Crippen LogP contribution < -0.4 is 10.1 Å². The summed E-state index contributed by atoms with van der Waals surface area (Å²) in [5.74, 6) is -0.222. The van der Waals surface area contributed by atoms with Crippen LogP contribution in [-0.4, -0.2) is 23.0 Å². The molecule has 134 valence electrons. The molecule has 0 saturated heterocycles. The number of carbonyl (C=O) groups is 1. The minimum absolute atomic E-state index is 0.351. The van der Waals surface area contributed by atoms with Crippen LogP contribution in [0.3, 0.4) is 0 Å². The second kappa shape index (κ2) is 7.13. The fourth-order valence-corrected chi connectivity index (χ4v) is 3.65. The molecule has 0 atom stereocenters. The summed E-state index contributed by atoms with van der Waals surface area (Å²) < 4.78 is 19.2. The molecule has 2 heterocycles. The molecule has 0 saturated carbocycles. The molecular weight excluding hydrogens is 365 g/mol. The smallest absolute Gasteiger partial charge is 0.257 e. The maximum Gasteiger partial charge on any atom is 0.257 e. The number of thiazole rings is 1. The second-order valence-corrected chi connectivity index (χ2v) is 6.70. The van der Waals surface area contributed by atoms with Crippen LogP contribution in [0.2, 0.25) is 0 Å². The zero-order valence-electron chi connectivity index (χ0n) is 14.3. The number of ether oxygens (including phenoxy) is 1. The third-order valence-corrected chi connectivity index (χ3v) is 4.96. The number of benzene rings is 2. The van der Waals surface area contributed by atoms with E-state index in [1.807, 2.05) is 30.3 Å². The van der Waals surface area contributed by atoms with Crippen LogP contribution in [0.25, 0.3) is 21.5 Å². The quantitative estimate of drug-likeness (QED) is 0.555. The Morgan fingerprint density at radius 3 is 2.56 bits per heavy atom. The maximum atomic E-state index is 13.0. The Labute approximate surface area is 158 Å². The van der Waals surface area contributed by atoms with Gasteiger partial charge in [0.2, 0.25) is 0 Å². The topological polar surface area (TPSA) is 64.1 Å². The summed E-state index contributed by atoms with van der Waals surface area (Å²) in [6, 6.07) is 15.1. The highest BCUT2D eigenvalue weighted by molar-refractivity contribution is 7.22. The molecule has 1 amide bonds. The summed E-state index contributed by atoms with van der Waals surface area (Å²) in [7, 11) is 1.55. The zero-order chi connectivity index (χ0) is 18.8. The predicted octanol–water partition coefficient (Wildman–Crippen LogP) is 4.76. The number of aromatic nitrogens is 2. The standard InChI is InChI=1S/C20H14FN3O2S/c1-26-15-11-22-16(12-5-3-2-4-6-12)18-17(15)23-20(27-18)24-19(25)13-7-9-14(21)10-8-13/h2-11H,1H3,(H,23,24,25). The number of hydrogen-bond acceptors (Lipinski definition) is 5. The van der Waals surface area contributed by atoms with Gasteiger partial charge in [0.15, 0.2) is 10.9 Å². The van der Waals surface area contributed by atoms with E-state index >= 15 is 0 Å². The SMILES string of the molecule is COc1cnc(-c2ccccc2)c2sc(NC(=O)c3ccc(F)cc3)nc12. The van der Waals surface area contributed by atoms with E-state index < -0.39 is 5.82 Å². The van der Waals surface area contributed by atoms with Gasteiger partial charge in [-0.25, -0.2) is 9.37 Å². The van der Waals surface area contributed by atoms with Crippen LogP contribution >= 0.6 is 11.3 Å². The largest absolute Gasteiger partial charge is 0.493 e. The van der Waals surface area contributed by atoms with E-state index in [1.54, 1.807) is 13.3 Å². The summed E-state index contributed by atoms with van der Waals surface area (Å²) in [5, 5.41) is 3.18. The lowest BCUT2D eigenvalue weighted by atomic mass is 10.1. The fraction of sp³-hybridized carbons (Fsp3) is 0.0500. The van der Waals surface area contributed by atoms with Crippen molar-refractivity contribution in [3.05, 3.63) is 72.2 Å².